The van der Waals surface area contributed by atoms with Crippen LogP contribution in [-0.2, 0) is 6.54 Å². The van der Waals surface area contributed by atoms with Crippen LogP contribution in [0.5, 0.6) is 0 Å². The standard InChI is InChI=1S/C14H11ClN2OS2/c1-2-17-9-5-3-4-6-10(9)20-14(17)16-13(18)11-7-8-12(15)19-11/h3-8H,2H2,1H3. The number of carbonyl (C=O) groups excluding carboxylic acids is 1. The smallest absolute Gasteiger partial charge is 0.289 e. The van der Waals surface area contributed by atoms with Gasteiger partial charge in [0, 0.05) is 6.54 Å². The Morgan fingerprint density at radius 3 is 2.75 bits per heavy atom. The van der Waals surface area contributed by atoms with Gasteiger partial charge < -0.3 is 4.57 Å². The van der Waals surface area contributed by atoms with Gasteiger partial charge in [-0.2, -0.15) is 4.99 Å². The number of rotatable bonds is 2. The summed E-state index contributed by atoms with van der Waals surface area (Å²) in [6.45, 7) is 2.83. The van der Waals surface area contributed by atoms with Crippen molar-refractivity contribution in [3.63, 3.8) is 0 Å². The number of thiazole rings is 1. The normalized spacial score (nSPS) is 12.2. The van der Waals surface area contributed by atoms with E-state index in [4.69, 9.17) is 11.6 Å². The molecule has 3 aromatic rings. The molecule has 0 aliphatic heterocycles. The van der Waals surface area contributed by atoms with Crippen molar-refractivity contribution >= 4 is 50.4 Å². The highest BCUT2D eigenvalue weighted by atomic mass is 35.5. The van der Waals surface area contributed by atoms with Crippen molar-refractivity contribution in [3.8, 4) is 0 Å². The average Bonchev–Trinajstić information content (AvgIpc) is 3.01. The lowest BCUT2D eigenvalue weighted by molar-refractivity contribution is 0.100. The lowest BCUT2D eigenvalue weighted by Gasteiger charge is -1.98. The molecule has 0 bridgehead atoms. The molecule has 102 valence electrons. The summed E-state index contributed by atoms with van der Waals surface area (Å²) in [5.41, 5.74) is 1.11. The maximum atomic E-state index is 12.2. The van der Waals surface area contributed by atoms with Crippen LogP contribution >= 0.6 is 34.3 Å². The lowest BCUT2D eigenvalue weighted by atomic mass is 10.3. The van der Waals surface area contributed by atoms with Crippen molar-refractivity contribution in [2.75, 3.05) is 0 Å². The molecule has 20 heavy (non-hydrogen) atoms. The van der Waals surface area contributed by atoms with Crippen LogP contribution in [-0.4, -0.2) is 10.5 Å². The summed E-state index contributed by atoms with van der Waals surface area (Å²) < 4.78 is 3.78. The topological polar surface area (TPSA) is 34.4 Å². The zero-order chi connectivity index (χ0) is 14.1. The summed E-state index contributed by atoms with van der Waals surface area (Å²) in [7, 11) is 0. The summed E-state index contributed by atoms with van der Waals surface area (Å²) in [6.07, 6.45) is 0. The van der Waals surface area contributed by atoms with Crippen molar-refractivity contribution in [1.82, 2.24) is 4.57 Å². The van der Waals surface area contributed by atoms with Crippen LogP contribution < -0.4 is 4.80 Å². The highest BCUT2D eigenvalue weighted by Crippen LogP contribution is 2.22. The number of amides is 1. The van der Waals surface area contributed by atoms with Crippen molar-refractivity contribution < 1.29 is 4.79 Å². The molecule has 0 unspecified atom stereocenters. The number of hydrogen-bond donors (Lipinski definition) is 0. The van der Waals surface area contributed by atoms with Crippen LogP contribution in [0.25, 0.3) is 10.2 Å². The van der Waals surface area contributed by atoms with E-state index in [0.717, 1.165) is 21.6 Å². The number of aryl methyl sites for hydroxylation is 1. The molecule has 3 rings (SSSR count). The van der Waals surface area contributed by atoms with E-state index in [0.29, 0.717) is 9.21 Å². The number of halogens is 1. The maximum absolute atomic E-state index is 12.2. The highest BCUT2D eigenvalue weighted by molar-refractivity contribution is 7.18. The lowest BCUT2D eigenvalue weighted by Crippen LogP contribution is -2.15. The van der Waals surface area contributed by atoms with Gasteiger partial charge >= 0.3 is 0 Å². The number of carbonyl (C=O) groups is 1. The Balaban J connectivity index is 2.13. The molecule has 1 aromatic carbocycles. The summed E-state index contributed by atoms with van der Waals surface area (Å²) >= 11 is 8.63. The molecule has 2 aromatic heterocycles. The first-order valence-corrected chi connectivity index (χ1v) is 8.13. The molecule has 0 aliphatic carbocycles. The number of hydrogen-bond acceptors (Lipinski definition) is 3. The fourth-order valence-electron chi connectivity index (χ4n) is 1.98. The summed E-state index contributed by atoms with van der Waals surface area (Å²) in [5.74, 6) is -0.240. The predicted molar refractivity (Wildman–Crippen MR) is 84.7 cm³/mol. The van der Waals surface area contributed by atoms with E-state index in [1.165, 1.54) is 22.7 Å². The minimum Gasteiger partial charge on any atom is -0.317 e. The van der Waals surface area contributed by atoms with Crippen LogP contribution in [0, 0.1) is 0 Å². The molecule has 0 atom stereocenters. The number of fused-ring (bicyclic) bond motifs is 1. The Morgan fingerprint density at radius 1 is 1.25 bits per heavy atom. The summed E-state index contributed by atoms with van der Waals surface area (Å²) in [4.78, 5) is 17.7. The van der Waals surface area contributed by atoms with Gasteiger partial charge in [-0.15, -0.1) is 11.3 Å². The zero-order valence-electron chi connectivity index (χ0n) is 10.7. The van der Waals surface area contributed by atoms with Crippen molar-refractivity contribution in [2.24, 2.45) is 4.99 Å². The van der Waals surface area contributed by atoms with Crippen LogP contribution in [0.2, 0.25) is 4.34 Å². The third-order valence-corrected chi connectivity index (χ3v) is 5.16. The minimum atomic E-state index is -0.240. The quantitative estimate of drug-likeness (QED) is 0.697. The molecule has 0 radical (unpaired) electrons. The van der Waals surface area contributed by atoms with E-state index in [9.17, 15) is 4.79 Å². The van der Waals surface area contributed by atoms with Gasteiger partial charge in [0.2, 0.25) is 0 Å². The van der Waals surface area contributed by atoms with Gasteiger partial charge in [0.15, 0.2) is 4.80 Å². The third kappa shape index (κ3) is 2.44. The molecule has 0 saturated heterocycles. The van der Waals surface area contributed by atoms with Crippen LogP contribution in [0.4, 0.5) is 0 Å². The molecule has 6 heteroatoms. The molecular weight excluding hydrogens is 312 g/mol. The van der Waals surface area contributed by atoms with Gasteiger partial charge in [0.1, 0.15) is 0 Å². The fourth-order valence-corrected chi connectivity index (χ4v) is 4.00. The second kappa shape index (κ2) is 5.52. The minimum absolute atomic E-state index is 0.240. The number of aromatic nitrogens is 1. The van der Waals surface area contributed by atoms with Crippen LogP contribution in [0.1, 0.15) is 16.6 Å². The van der Waals surface area contributed by atoms with Gasteiger partial charge in [0.25, 0.3) is 5.91 Å². The van der Waals surface area contributed by atoms with Gasteiger partial charge in [-0.25, -0.2) is 0 Å². The number of thiophene rings is 1. The first-order valence-electron chi connectivity index (χ1n) is 6.12. The Morgan fingerprint density at radius 2 is 2.05 bits per heavy atom. The van der Waals surface area contributed by atoms with Gasteiger partial charge in [-0.05, 0) is 31.2 Å². The number of nitrogens with zero attached hydrogens (tertiary/aromatic N) is 2. The Hall–Kier alpha value is -1.43. The summed E-state index contributed by atoms with van der Waals surface area (Å²) in [5, 5.41) is 0. The second-order valence-corrected chi connectivity index (χ2v) is 6.84. The fraction of sp³-hybridized carbons (Fsp3) is 0.143. The maximum Gasteiger partial charge on any atom is 0.289 e. The molecule has 0 fully saturated rings. The van der Waals surface area contributed by atoms with E-state index in [2.05, 4.69) is 4.99 Å². The van der Waals surface area contributed by atoms with Crippen LogP contribution in [0.3, 0.4) is 0 Å². The molecule has 0 spiro atoms. The first kappa shape index (κ1) is 13.5. The predicted octanol–water partition coefficient (Wildman–Crippen LogP) is 4.18. The molecule has 0 saturated carbocycles. The molecule has 1 amide bonds. The SMILES string of the molecule is CCn1c(=NC(=O)c2ccc(Cl)s2)sc2ccccc21. The van der Waals surface area contributed by atoms with Crippen molar-refractivity contribution in [1.29, 1.82) is 0 Å². The van der Waals surface area contributed by atoms with E-state index in [-0.39, 0.29) is 5.91 Å². The van der Waals surface area contributed by atoms with Gasteiger partial charge in [0.05, 0.1) is 19.4 Å². The zero-order valence-corrected chi connectivity index (χ0v) is 13.1. The number of para-hydroxylation sites is 1. The van der Waals surface area contributed by atoms with Crippen molar-refractivity contribution in [3.05, 3.63) is 50.4 Å². The monoisotopic (exact) mass is 322 g/mol. The summed E-state index contributed by atoms with van der Waals surface area (Å²) in [6, 6.07) is 11.5. The number of benzene rings is 1. The Kier molecular flexibility index (Phi) is 3.74. The largest absolute Gasteiger partial charge is 0.317 e. The van der Waals surface area contributed by atoms with Gasteiger partial charge in [-0.1, -0.05) is 35.1 Å². The molecular formula is C14H11ClN2OS2. The molecule has 0 N–H and O–H groups in total. The second-order valence-electron chi connectivity index (χ2n) is 4.12. The molecule has 3 nitrogen and oxygen atoms in total. The molecule has 2 heterocycles. The first-order chi connectivity index (χ1) is 9.69. The van der Waals surface area contributed by atoms with Gasteiger partial charge in [-0.3, -0.25) is 4.79 Å². The Bertz CT molecular complexity index is 844. The van der Waals surface area contributed by atoms with E-state index in [1.807, 2.05) is 35.8 Å². The molecule has 0 aliphatic rings. The van der Waals surface area contributed by atoms with E-state index in [1.54, 1.807) is 12.1 Å². The van der Waals surface area contributed by atoms with Crippen molar-refractivity contribution in [2.45, 2.75) is 13.5 Å². The van der Waals surface area contributed by atoms with Crippen LogP contribution in [0.15, 0.2) is 41.4 Å². The third-order valence-electron chi connectivity index (χ3n) is 2.89. The highest BCUT2D eigenvalue weighted by Gasteiger charge is 2.09. The van der Waals surface area contributed by atoms with E-state index >= 15 is 0 Å². The Labute approximate surface area is 128 Å². The van der Waals surface area contributed by atoms with E-state index < -0.39 is 0 Å². The average molecular weight is 323 g/mol.